The molecule has 0 bridgehead atoms. The number of anilines is 1. The molecule has 0 radical (unpaired) electrons. The average molecular weight is 229 g/mol. The minimum atomic E-state index is 0.710. The second-order valence-corrected chi connectivity index (χ2v) is 4.39. The van der Waals surface area contributed by atoms with Crippen LogP contribution in [0.25, 0.3) is 11.1 Å². The standard InChI is InChI=1S/C13H15N3O/c1-8-12(13(14)16(2)15-8)10-3-4-11-9(7-10)5-6-17-11/h3-4,7H,5-6,14H2,1-2H3. The van der Waals surface area contributed by atoms with Crippen molar-refractivity contribution in [3.8, 4) is 16.9 Å². The number of benzene rings is 1. The minimum Gasteiger partial charge on any atom is -0.493 e. The van der Waals surface area contributed by atoms with Gasteiger partial charge in [0.15, 0.2) is 0 Å². The summed E-state index contributed by atoms with van der Waals surface area (Å²) in [7, 11) is 1.86. The van der Waals surface area contributed by atoms with E-state index >= 15 is 0 Å². The highest BCUT2D eigenvalue weighted by Gasteiger charge is 2.17. The monoisotopic (exact) mass is 229 g/mol. The Bertz CT molecular complexity index is 587. The predicted molar refractivity (Wildman–Crippen MR) is 67.0 cm³/mol. The summed E-state index contributed by atoms with van der Waals surface area (Å²) >= 11 is 0. The fraction of sp³-hybridized carbons (Fsp3) is 0.308. The average Bonchev–Trinajstić information content (AvgIpc) is 2.84. The Hall–Kier alpha value is -1.97. The predicted octanol–water partition coefficient (Wildman–Crippen LogP) is 1.91. The van der Waals surface area contributed by atoms with E-state index in [1.54, 1.807) is 4.68 Å². The zero-order valence-corrected chi connectivity index (χ0v) is 10.0. The van der Waals surface area contributed by atoms with Crippen LogP contribution in [0.5, 0.6) is 5.75 Å². The molecule has 2 aromatic rings. The SMILES string of the molecule is Cc1nn(C)c(N)c1-c1ccc2c(c1)CCO2. The molecule has 1 aromatic heterocycles. The van der Waals surface area contributed by atoms with Crippen molar-refractivity contribution in [3.63, 3.8) is 0 Å². The van der Waals surface area contributed by atoms with Gasteiger partial charge in [-0.1, -0.05) is 6.07 Å². The summed E-state index contributed by atoms with van der Waals surface area (Å²) in [4.78, 5) is 0. The van der Waals surface area contributed by atoms with Crippen molar-refractivity contribution in [2.24, 2.45) is 7.05 Å². The molecule has 1 aliphatic rings. The summed E-state index contributed by atoms with van der Waals surface area (Å²) in [5.74, 6) is 1.70. The maximum atomic E-state index is 6.05. The van der Waals surface area contributed by atoms with Gasteiger partial charge in [0.1, 0.15) is 11.6 Å². The van der Waals surface area contributed by atoms with Crippen LogP contribution in [0.1, 0.15) is 11.3 Å². The summed E-state index contributed by atoms with van der Waals surface area (Å²) in [6.45, 7) is 2.76. The first-order valence-corrected chi connectivity index (χ1v) is 5.72. The van der Waals surface area contributed by atoms with Crippen LogP contribution < -0.4 is 10.5 Å². The quantitative estimate of drug-likeness (QED) is 0.812. The molecular weight excluding hydrogens is 214 g/mol. The van der Waals surface area contributed by atoms with Crippen molar-refractivity contribution in [2.45, 2.75) is 13.3 Å². The Morgan fingerprint density at radius 2 is 2.24 bits per heavy atom. The number of hydrogen-bond donors (Lipinski definition) is 1. The van der Waals surface area contributed by atoms with Gasteiger partial charge in [-0.3, -0.25) is 4.68 Å². The molecule has 0 spiro atoms. The maximum Gasteiger partial charge on any atom is 0.129 e. The van der Waals surface area contributed by atoms with Crippen LogP contribution in [0.15, 0.2) is 18.2 Å². The molecule has 88 valence electrons. The third kappa shape index (κ3) is 1.48. The molecule has 3 rings (SSSR count). The summed E-state index contributed by atoms with van der Waals surface area (Å²) in [5, 5.41) is 4.34. The Morgan fingerprint density at radius 3 is 2.94 bits per heavy atom. The number of nitrogens with zero attached hydrogens (tertiary/aromatic N) is 2. The molecule has 4 heteroatoms. The molecule has 0 unspecified atom stereocenters. The number of hydrogen-bond acceptors (Lipinski definition) is 3. The molecule has 17 heavy (non-hydrogen) atoms. The van der Waals surface area contributed by atoms with Gasteiger partial charge in [0.2, 0.25) is 0 Å². The number of rotatable bonds is 1. The third-order valence-corrected chi connectivity index (χ3v) is 3.24. The van der Waals surface area contributed by atoms with Crippen LogP contribution in [0, 0.1) is 6.92 Å². The van der Waals surface area contributed by atoms with Gasteiger partial charge >= 0.3 is 0 Å². The maximum absolute atomic E-state index is 6.05. The summed E-state index contributed by atoms with van der Waals surface area (Å²) in [6.07, 6.45) is 0.975. The Morgan fingerprint density at radius 1 is 1.41 bits per heavy atom. The van der Waals surface area contributed by atoms with Crippen LogP contribution in [-0.4, -0.2) is 16.4 Å². The van der Waals surface area contributed by atoms with Crippen molar-refractivity contribution < 1.29 is 4.74 Å². The zero-order chi connectivity index (χ0) is 12.0. The number of fused-ring (bicyclic) bond motifs is 1. The van der Waals surface area contributed by atoms with E-state index in [9.17, 15) is 0 Å². The lowest BCUT2D eigenvalue weighted by molar-refractivity contribution is 0.357. The Kier molecular flexibility index (Phi) is 2.11. The smallest absolute Gasteiger partial charge is 0.129 e. The van der Waals surface area contributed by atoms with E-state index in [1.165, 1.54) is 5.56 Å². The summed E-state index contributed by atoms with van der Waals surface area (Å²) < 4.78 is 7.22. The first kappa shape index (κ1) is 10.2. The van der Waals surface area contributed by atoms with E-state index in [0.717, 1.165) is 35.6 Å². The summed E-state index contributed by atoms with van der Waals surface area (Å²) in [5.41, 5.74) is 10.4. The molecule has 2 N–H and O–H groups in total. The van der Waals surface area contributed by atoms with Crippen LogP contribution >= 0.6 is 0 Å². The zero-order valence-electron chi connectivity index (χ0n) is 10.0. The Balaban J connectivity index is 2.15. The van der Waals surface area contributed by atoms with Gasteiger partial charge in [0.25, 0.3) is 0 Å². The first-order chi connectivity index (χ1) is 8.16. The number of nitrogen functional groups attached to an aromatic ring is 1. The first-order valence-electron chi connectivity index (χ1n) is 5.72. The van der Waals surface area contributed by atoms with E-state index < -0.39 is 0 Å². The molecule has 0 saturated carbocycles. The molecule has 1 aliphatic heterocycles. The van der Waals surface area contributed by atoms with Gasteiger partial charge in [-0.2, -0.15) is 5.10 Å². The molecule has 4 nitrogen and oxygen atoms in total. The molecule has 2 heterocycles. The molecular formula is C13H15N3O. The van der Waals surface area contributed by atoms with E-state index in [2.05, 4.69) is 11.2 Å². The fourth-order valence-electron chi connectivity index (χ4n) is 2.37. The molecule has 0 amide bonds. The highest BCUT2D eigenvalue weighted by molar-refractivity contribution is 5.77. The Labute approximate surface area is 100 Å². The van der Waals surface area contributed by atoms with Gasteiger partial charge in [0, 0.05) is 19.0 Å². The van der Waals surface area contributed by atoms with Crippen molar-refractivity contribution in [1.82, 2.24) is 9.78 Å². The largest absolute Gasteiger partial charge is 0.493 e. The van der Waals surface area contributed by atoms with E-state index in [1.807, 2.05) is 26.1 Å². The highest BCUT2D eigenvalue weighted by Crippen LogP contribution is 2.34. The molecule has 0 fully saturated rings. The molecule has 1 aromatic carbocycles. The lowest BCUT2D eigenvalue weighted by Crippen LogP contribution is -1.98. The second-order valence-electron chi connectivity index (χ2n) is 4.39. The topological polar surface area (TPSA) is 53.1 Å². The van der Waals surface area contributed by atoms with Gasteiger partial charge < -0.3 is 10.5 Å². The second kappa shape index (κ2) is 3.52. The fourth-order valence-corrected chi connectivity index (χ4v) is 2.37. The summed E-state index contributed by atoms with van der Waals surface area (Å²) in [6, 6.07) is 6.22. The van der Waals surface area contributed by atoms with Gasteiger partial charge in [0.05, 0.1) is 12.3 Å². The van der Waals surface area contributed by atoms with Gasteiger partial charge in [-0.25, -0.2) is 0 Å². The van der Waals surface area contributed by atoms with Crippen molar-refractivity contribution in [3.05, 3.63) is 29.5 Å². The molecule has 0 aliphatic carbocycles. The number of aromatic nitrogens is 2. The van der Waals surface area contributed by atoms with Crippen LogP contribution in [0.4, 0.5) is 5.82 Å². The van der Waals surface area contributed by atoms with Crippen molar-refractivity contribution >= 4 is 5.82 Å². The normalized spacial score (nSPS) is 13.5. The lowest BCUT2D eigenvalue weighted by atomic mass is 10.0. The highest BCUT2D eigenvalue weighted by atomic mass is 16.5. The van der Waals surface area contributed by atoms with E-state index in [4.69, 9.17) is 10.5 Å². The van der Waals surface area contributed by atoms with Crippen molar-refractivity contribution in [2.75, 3.05) is 12.3 Å². The molecule has 0 saturated heterocycles. The minimum absolute atomic E-state index is 0.710. The van der Waals surface area contributed by atoms with Crippen LogP contribution in [0.3, 0.4) is 0 Å². The number of ether oxygens (including phenoxy) is 1. The van der Waals surface area contributed by atoms with Gasteiger partial charge in [-0.05, 0) is 30.2 Å². The number of aryl methyl sites for hydroxylation is 2. The van der Waals surface area contributed by atoms with Crippen LogP contribution in [-0.2, 0) is 13.5 Å². The van der Waals surface area contributed by atoms with Crippen molar-refractivity contribution in [1.29, 1.82) is 0 Å². The lowest BCUT2D eigenvalue weighted by Gasteiger charge is -2.04. The number of nitrogens with two attached hydrogens (primary N) is 1. The van der Waals surface area contributed by atoms with E-state index in [-0.39, 0.29) is 0 Å². The van der Waals surface area contributed by atoms with E-state index in [0.29, 0.717) is 5.82 Å². The van der Waals surface area contributed by atoms with Gasteiger partial charge in [-0.15, -0.1) is 0 Å². The van der Waals surface area contributed by atoms with Crippen LogP contribution in [0.2, 0.25) is 0 Å². The third-order valence-electron chi connectivity index (χ3n) is 3.24. The molecule has 0 atom stereocenters.